The summed E-state index contributed by atoms with van der Waals surface area (Å²) in [4.78, 5) is 0. The van der Waals surface area contributed by atoms with Crippen molar-refractivity contribution in [2.45, 2.75) is 19.1 Å². The van der Waals surface area contributed by atoms with E-state index in [0.29, 0.717) is 5.56 Å². The first-order valence-electron chi connectivity index (χ1n) is 6.28. The zero-order valence-electron chi connectivity index (χ0n) is 11.2. The van der Waals surface area contributed by atoms with Crippen LogP contribution in [-0.4, -0.2) is 21.5 Å². The molecule has 0 unspecified atom stereocenters. The van der Waals surface area contributed by atoms with Crippen LogP contribution in [0.2, 0.25) is 0 Å². The van der Waals surface area contributed by atoms with E-state index in [1.807, 2.05) is 0 Å². The van der Waals surface area contributed by atoms with Crippen molar-refractivity contribution < 1.29 is 22.7 Å². The van der Waals surface area contributed by atoms with E-state index < -0.39 is 24.3 Å². The van der Waals surface area contributed by atoms with Gasteiger partial charge in [-0.15, -0.1) is 0 Å². The number of halogens is 4. The molecule has 0 aliphatic rings. The fourth-order valence-corrected chi connectivity index (χ4v) is 2.05. The molecule has 2 aromatic rings. The van der Waals surface area contributed by atoms with Crippen LogP contribution >= 0.6 is 0 Å². The first kappa shape index (κ1) is 16.0. The second kappa shape index (κ2) is 6.15. The van der Waals surface area contributed by atoms with Crippen molar-refractivity contribution in [2.24, 2.45) is 0 Å². The van der Waals surface area contributed by atoms with Crippen LogP contribution in [0.4, 0.5) is 17.6 Å². The summed E-state index contributed by atoms with van der Waals surface area (Å²) in [5, 5.41) is 21.2. The average Bonchev–Trinajstić information content (AvgIpc) is 2.84. The van der Waals surface area contributed by atoms with E-state index in [9.17, 15) is 17.6 Å². The first-order chi connectivity index (χ1) is 10.3. The van der Waals surface area contributed by atoms with Gasteiger partial charge in [0.25, 0.3) is 0 Å². The van der Waals surface area contributed by atoms with Crippen LogP contribution in [0, 0.1) is 17.1 Å². The molecular formula is C14H11F4N3O. The van der Waals surface area contributed by atoms with Gasteiger partial charge in [0.2, 0.25) is 0 Å². The molecule has 0 atom stereocenters. The van der Waals surface area contributed by atoms with Gasteiger partial charge in [-0.2, -0.15) is 23.5 Å². The van der Waals surface area contributed by atoms with Crippen molar-refractivity contribution in [1.29, 1.82) is 5.26 Å². The molecule has 1 aromatic carbocycles. The van der Waals surface area contributed by atoms with Gasteiger partial charge in [-0.1, -0.05) is 6.07 Å². The lowest BCUT2D eigenvalue weighted by Crippen LogP contribution is -2.11. The minimum atomic E-state index is -4.63. The molecule has 0 saturated heterocycles. The summed E-state index contributed by atoms with van der Waals surface area (Å²) >= 11 is 0. The largest absolute Gasteiger partial charge is 0.435 e. The molecule has 1 heterocycles. The summed E-state index contributed by atoms with van der Waals surface area (Å²) in [7, 11) is 0. The number of hydrogen-bond donors (Lipinski definition) is 1. The van der Waals surface area contributed by atoms with Crippen LogP contribution in [0.5, 0.6) is 0 Å². The van der Waals surface area contributed by atoms with Gasteiger partial charge in [0.05, 0.1) is 18.2 Å². The van der Waals surface area contributed by atoms with E-state index in [2.05, 4.69) is 5.10 Å². The lowest BCUT2D eigenvalue weighted by atomic mass is 10.1. The summed E-state index contributed by atoms with van der Waals surface area (Å²) in [6, 6.07) is 5.25. The third kappa shape index (κ3) is 3.43. The summed E-state index contributed by atoms with van der Waals surface area (Å²) in [5.74, 6) is -0.599. The van der Waals surface area contributed by atoms with Crippen LogP contribution in [0.15, 0.2) is 24.4 Å². The maximum Gasteiger partial charge on any atom is 0.435 e. The molecular weight excluding hydrogens is 302 g/mol. The molecule has 0 bridgehead atoms. The van der Waals surface area contributed by atoms with Gasteiger partial charge >= 0.3 is 6.18 Å². The Labute approximate surface area is 123 Å². The summed E-state index contributed by atoms with van der Waals surface area (Å²) in [6.07, 6.45) is -3.64. The predicted octanol–water partition coefficient (Wildman–Crippen LogP) is 2.50. The second-order valence-electron chi connectivity index (χ2n) is 4.59. The van der Waals surface area contributed by atoms with Gasteiger partial charge < -0.3 is 5.11 Å². The van der Waals surface area contributed by atoms with Crippen molar-refractivity contribution >= 4 is 0 Å². The first-order valence-corrected chi connectivity index (χ1v) is 6.28. The van der Waals surface area contributed by atoms with E-state index in [4.69, 9.17) is 10.4 Å². The van der Waals surface area contributed by atoms with Gasteiger partial charge in [-0.05, 0) is 24.1 Å². The monoisotopic (exact) mass is 313 g/mol. The van der Waals surface area contributed by atoms with E-state index in [1.54, 1.807) is 6.07 Å². The Bertz CT molecular complexity index is 716. The molecule has 8 heteroatoms. The highest BCUT2D eigenvalue weighted by Gasteiger charge is 2.36. The minimum absolute atomic E-state index is 0.0350. The number of benzene rings is 1. The highest BCUT2D eigenvalue weighted by atomic mass is 19.4. The van der Waals surface area contributed by atoms with Gasteiger partial charge in [0, 0.05) is 18.4 Å². The summed E-state index contributed by atoms with van der Waals surface area (Å²) in [5.41, 5.74) is -0.804. The standard InChI is InChI=1S/C14H11F4N3O/c15-12-2-1-9(11(5-12)6-19)7-21-8-10(3-4-22)13(20-21)14(16,17)18/h1-2,5,8,22H,3-4,7H2. The number of aromatic nitrogens is 2. The minimum Gasteiger partial charge on any atom is -0.396 e. The fraction of sp³-hybridized carbons (Fsp3) is 0.286. The number of nitrogens with zero attached hydrogens (tertiary/aromatic N) is 3. The topological polar surface area (TPSA) is 61.8 Å². The van der Waals surface area contributed by atoms with E-state index in [-0.39, 0.29) is 24.1 Å². The lowest BCUT2D eigenvalue weighted by Gasteiger charge is -2.05. The molecule has 0 saturated carbocycles. The zero-order chi connectivity index (χ0) is 16.3. The van der Waals surface area contributed by atoms with Gasteiger partial charge in [-0.3, -0.25) is 4.68 Å². The van der Waals surface area contributed by atoms with Gasteiger partial charge in [-0.25, -0.2) is 4.39 Å². The third-order valence-electron chi connectivity index (χ3n) is 3.01. The Morgan fingerprint density at radius 2 is 2.00 bits per heavy atom. The molecule has 0 aliphatic carbocycles. The van der Waals surface area contributed by atoms with Crippen LogP contribution in [0.25, 0.3) is 0 Å². The van der Waals surface area contributed by atoms with Crippen LogP contribution in [0.1, 0.15) is 22.4 Å². The number of nitriles is 1. The maximum atomic E-state index is 13.0. The molecule has 0 amide bonds. The molecule has 22 heavy (non-hydrogen) atoms. The highest BCUT2D eigenvalue weighted by Crippen LogP contribution is 2.31. The lowest BCUT2D eigenvalue weighted by molar-refractivity contribution is -0.142. The van der Waals surface area contributed by atoms with E-state index >= 15 is 0 Å². The Morgan fingerprint density at radius 3 is 2.59 bits per heavy atom. The van der Waals surface area contributed by atoms with Gasteiger partial charge in [0.1, 0.15) is 5.82 Å². The van der Waals surface area contributed by atoms with Crippen molar-refractivity contribution in [3.05, 3.63) is 52.6 Å². The van der Waals surface area contributed by atoms with Crippen molar-refractivity contribution in [1.82, 2.24) is 9.78 Å². The fourth-order valence-electron chi connectivity index (χ4n) is 2.05. The molecule has 0 aliphatic heterocycles. The Balaban J connectivity index is 2.37. The van der Waals surface area contributed by atoms with Crippen molar-refractivity contribution in [3.63, 3.8) is 0 Å². The van der Waals surface area contributed by atoms with Crippen LogP contribution in [0.3, 0.4) is 0 Å². The van der Waals surface area contributed by atoms with Crippen molar-refractivity contribution in [2.75, 3.05) is 6.61 Å². The second-order valence-corrected chi connectivity index (χ2v) is 4.59. The Hall–Kier alpha value is -2.40. The third-order valence-corrected chi connectivity index (χ3v) is 3.01. The van der Waals surface area contributed by atoms with Crippen LogP contribution in [-0.2, 0) is 19.1 Å². The Morgan fingerprint density at radius 1 is 1.27 bits per heavy atom. The van der Waals surface area contributed by atoms with Crippen LogP contribution < -0.4 is 0 Å². The number of aliphatic hydroxyl groups excluding tert-OH is 1. The quantitative estimate of drug-likeness (QED) is 0.882. The molecule has 4 nitrogen and oxygen atoms in total. The molecule has 0 fully saturated rings. The van der Waals surface area contributed by atoms with E-state index in [1.165, 1.54) is 12.3 Å². The maximum absolute atomic E-state index is 13.0. The smallest absolute Gasteiger partial charge is 0.396 e. The normalized spacial score (nSPS) is 11.5. The number of hydrogen-bond acceptors (Lipinski definition) is 3. The van der Waals surface area contributed by atoms with Gasteiger partial charge in [0.15, 0.2) is 5.69 Å². The highest BCUT2D eigenvalue weighted by molar-refractivity contribution is 5.38. The molecule has 116 valence electrons. The molecule has 1 N–H and O–H groups in total. The number of aliphatic hydroxyl groups is 1. The molecule has 0 radical (unpaired) electrons. The van der Waals surface area contributed by atoms with Crippen molar-refractivity contribution in [3.8, 4) is 6.07 Å². The molecule has 2 rings (SSSR count). The molecule has 0 spiro atoms. The Kier molecular flexibility index (Phi) is 4.47. The number of rotatable bonds is 4. The predicted molar refractivity (Wildman–Crippen MR) is 68.2 cm³/mol. The average molecular weight is 313 g/mol. The summed E-state index contributed by atoms with van der Waals surface area (Å²) < 4.78 is 52.7. The number of alkyl halides is 3. The zero-order valence-corrected chi connectivity index (χ0v) is 11.2. The SMILES string of the molecule is N#Cc1cc(F)ccc1Cn1cc(CCO)c(C(F)(F)F)n1. The summed E-state index contributed by atoms with van der Waals surface area (Å²) in [6.45, 7) is -0.535. The molecule has 1 aromatic heterocycles. The van der Waals surface area contributed by atoms with E-state index in [0.717, 1.165) is 16.8 Å².